The molecule has 0 aromatic carbocycles. The van der Waals surface area contributed by atoms with Crippen LogP contribution >= 0.6 is 0 Å². The summed E-state index contributed by atoms with van der Waals surface area (Å²) in [5.74, 6) is -0.944. The van der Waals surface area contributed by atoms with E-state index >= 15 is 0 Å². The quantitative estimate of drug-likeness (QED) is 0.0263. The summed E-state index contributed by atoms with van der Waals surface area (Å²) < 4.78 is 16.7. The summed E-state index contributed by atoms with van der Waals surface area (Å²) in [4.78, 5) is 37.8. The van der Waals surface area contributed by atoms with E-state index in [9.17, 15) is 14.4 Å². The van der Waals surface area contributed by atoms with Crippen molar-refractivity contribution in [3.05, 3.63) is 36.5 Å². The van der Waals surface area contributed by atoms with Gasteiger partial charge in [-0.25, -0.2) is 0 Å². The largest absolute Gasteiger partial charge is 0.462 e. The summed E-state index contributed by atoms with van der Waals surface area (Å²) in [6.07, 6.45) is 55.7. The fraction of sp³-hybridized carbons (Fsp3) is 0.830. The van der Waals surface area contributed by atoms with E-state index in [0.717, 1.165) is 70.6 Å². The van der Waals surface area contributed by atoms with E-state index in [1.54, 1.807) is 0 Å². The molecule has 0 aliphatic carbocycles. The van der Waals surface area contributed by atoms with Gasteiger partial charge in [-0.05, 0) is 89.9 Å². The molecule has 59 heavy (non-hydrogen) atoms. The van der Waals surface area contributed by atoms with E-state index in [-0.39, 0.29) is 31.1 Å². The Bertz CT molecular complexity index is 1000. The van der Waals surface area contributed by atoms with E-state index in [1.807, 2.05) is 0 Å². The van der Waals surface area contributed by atoms with Gasteiger partial charge in [0.25, 0.3) is 0 Å². The lowest BCUT2D eigenvalue weighted by Crippen LogP contribution is -2.30. The first-order chi connectivity index (χ1) is 29.0. The number of esters is 3. The highest BCUT2D eigenvalue weighted by atomic mass is 16.6. The lowest BCUT2D eigenvalue weighted by Gasteiger charge is -2.18. The first-order valence-corrected chi connectivity index (χ1v) is 25.5. The second-order valence-corrected chi connectivity index (χ2v) is 17.1. The standard InChI is InChI=1S/C53H96O6/c1-4-7-10-13-16-19-21-23-25-26-27-28-30-31-34-37-40-43-46-52(55)58-49-50(48-57-51(54)45-42-39-36-33-18-15-12-9-6-3)59-53(56)47-44-41-38-35-32-29-24-22-20-17-14-11-8-5-2/h27-29,32-33,36,50H,4-26,30-31,34-35,37-49H2,1-3H3/b28-27-,32-29-,36-33-. The molecular weight excluding hydrogens is 733 g/mol. The van der Waals surface area contributed by atoms with Crippen molar-refractivity contribution in [3.63, 3.8) is 0 Å². The van der Waals surface area contributed by atoms with Gasteiger partial charge < -0.3 is 14.2 Å². The van der Waals surface area contributed by atoms with E-state index in [4.69, 9.17) is 14.2 Å². The highest BCUT2D eigenvalue weighted by Gasteiger charge is 2.19. The summed E-state index contributed by atoms with van der Waals surface area (Å²) in [7, 11) is 0. The average Bonchev–Trinajstić information content (AvgIpc) is 3.23. The van der Waals surface area contributed by atoms with Crippen LogP contribution in [0.2, 0.25) is 0 Å². The predicted octanol–water partition coefficient (Wildman–Crippen LogP) is 16.5. The van der Waals surface area contributed by atoms with Gasteiger partial charge in [0.15, 0.2) is 6.10 Å². The van der Waals surface area contributed by atoms with Gasteiger partial charge in [-0.15, -0.1) is 0 Å². The molecule has 0 heterocycles. The highest BCUT2D eigenvalue weighted by Crippen LogP contribution is 2.14. The number of carbonyl (C=O) groups excluding carboxylic acids is 3. The van der Waals surface area contributed by atoms with Gasteiger partial charge in [-0.2, -0.15) is 0 Å². The Kier molecular flexibility index (Phi) is 46.4. The molecule has 0 rings (SSSR count). The third-order valence-corrected chi connectivity index (χ3v) is 11.1. The molecule has 0 aromatic rings. The molecule has 0 fully saturated rings. The molecule has 0 saturated carbocycles. The molecule has 1 atom stereocenters. The van der Waals surface area contributed by atoms with Crippen LogP contribution in [0, 0.1) is 0 Å². The number of carbonyl (C=O) groups is 3. The third kappa shape index (κ3) is 46.5. The number of allylic oxidation sites excluding steroid dienone is 6. The monoisotopic (exact) mass is 829 g/mol. The van der Waals surface area contributed by atoms with Crippen molar-refractivity contribution in [1.29, 1.82) is 0 Å². The summed E-state index contributed by atoms with van der Waals surface area (Å²) in [6, 6.07) is 0. The van der Waals surface area contributed by atoms with Crippen LogP contribution < -0.4 is 0 Å². The highest BCUT2D eigenvalue weighted by molar-refractivity contribution is 5.71. The normalized spacial score (nSPS) is 12.3. The number of rotatable bonds is 46. The lowest BCUT2D eigenvalue weighted by molar-refractivity contribution is -0.167. The molecule has 344 valence electrons. The van der Waals surface area contributed by atoms with Crippen molar-refractivity contribution in [2.45, 2.75) is 271 Å². The van der Waals surface area contributed by atoms with Crippen molar-refractivity contribution in [3.8, 4) is 0 Å². The van der Waals surface area contributed by atoms with Gasteiger partial charge in [-0.1, -0.05) is 192 Å². The van der Waals surface area contributed by atoms with Crippen LogP contribution in [0.1, 0.15) is 265 Å². The van der Waals surface area contributed by atoms with E-state index in [2.05, 4.69) is 57.2 Å². The zero-order valence-corrected chi connectivity index (χ0v) is 39.3. The first-order valence-electron chi connectivity index (χ1n) is 25.5. The minimum atomic E-state index is -0.790. The lowest BCUT2D eigenvalue weighted by atomic mass is 10.1. The molecule has 0 amide bonds. The molecule has 0 radical (unpaired) electrons. The first kappa shape index (κ1) is 56.6. The molecule has 0 N–H and O–H groups in total. The zero-order valence-electron chi connectivity index (χ0n) is 39.3. The second kappa shape index (κ2) is 48.3. The van der Waals surface area contributed by atoms with Gasteiger partial charge in [-0.3, -0.25) is 14.4 Å². The summed E-state index contributed by atoms with van der Waals surface area (Å²) in [6.45, 7) is 6.57. The zero-order chi connectivity index (χ0) is 43.0. The van der Waals surface area contributed by atoms with Gasteiger partial charge >= 0.3 is 17.9 Å². The Hall–Kier alpha value is -2.37. The minimum Gasteiger partial charge on any atom is -0.462 e. The van der Waals surface area contributed by atoms with Crippen LogP contribution in [0.3, 0.4) is 0 Å². The molecule has 6 nitrogen and oxygen atoms in total. The summed E-state index contributed by atoms with van der Waals surface area (Å²) >= 11 is 0. The van der Waals surface area contributed by atoms with Crippen LogP contribution in [-0.4, -0.2) is 37.2 Å². The van der Waals surface area contributed by atoms with Gasteiger partial charge in [0.05, 0.1) is 0 Å². The molecule has 0 aliphatic rings. The van der Waals surface area contributed by atoms with Crippen molar-refractivity contribution >= 4 is 17.9 Å². The predicted molar refractivity (Wildman–Crippen MR) is 252 cm³/mol. The fourth-order valence-electron chi connectivity index (χ4n) is 7.20. The number of ether oxygens (including phenoxy) is 3. The topological polar surface area (TPSA) is 78.9 Å². The molecule has 0 spiro atoms. The Morgan fingerprint density at radius 1 is 0.322 bits per heavy atom. The maximum Gasteiger partial charge on any atom is 0.306 e. The smallest absolute Gasteiger partial charge is 0.306 e. The van der Waals surface area contributed by atoms with E-state index in [1.165, 1.54) is 148 Å². The van der Waals surface area contributed by atoms with Crippen LogP contribution in [0.25, 0.3) is 0 Å². The van der Waals surface area contributed by atoms with Crippen molar-refractivity contribution < 1.29 is 28.6 Å². The molecule has 0 aromatic heterocycles. The Labute approximate surface area is 365 Å². The van der Waals surface area contributed by atoms with E-state index in [0.29, 0.717) is 25.7 Å². The number of hydrogen-bond donors (Lipinski definition) is 0. The summed E-state index contributed by atoms with van der Waals surface area (Å²) in [5, 5.41) is 0. The second-order valence-electron chi connectivity index (χ2n) is 17.1. The van der Waals surface area contributed by atoms with Gasteiger partial charge in [0.2, 0.25) is 0 Å². The third-order valence-electron chi connectivity index (χ3n) is 11.1. The van der Waals surface area contributed by atoms with E-state index < -0.39 is 6.10 Å². The van der Waals surface area contributed by atoms with Crippen molar-refractivity contribution in [1.82, 2.24) is 0 Å². The molecular formula is C53H96O6. The van der Waals surface area contributed by atoms with Crippen LogP contribution in [0.15, 0.2) is 36.5 Å². The molecule has 0 aliphatic heterocycles. The SMILES string of the molecule is CCCCCC/C=C\CCCC(=O)OCC(COC(=O)CCCCCCC/C=C\CCCCCCCCCCC)OC(=O)CCCCC/C=C\CCCCCCCCC. The molecule has 0 bridgehead atoms. The average molecular weight is 829 g/mol. The number of unbranched alkanes of at least 4 members (excludes halogenated alkanes) is 29. The fourth-order valence-corrected chi connectivity index (χ4v) is 7.20. The minimum absolute atomic E-state index is 0.0897. The van der Waals surface area contributed by atoms with Gasteiger partial charge in [0, 0.05) is 19.3 Å². The van der Waals surface area contributed by atoms with Crippen LogP contribution in [0.4, 0.5) is 0 Å². The van der Waals surface area contributed by atoms with Gasteiger partial charge in [0.1, 0.15) is 13.2 Å². The molecule has 6 heteroatoms. The summed E-state index contributed by atoms with van der Waals surface area (Å²) in [5.41, 5.74) is 0. The maximum atomic E-state index is 12.7. The number of hydrogen-bond acceptors (Lipinski definition) is 6. The van der Waals surface area contributed by atoms with Crippen molar-refractivity contribution in [2.24, 2.45) is 0 Å². The Balaban J connectivity index is 4.34. The van der Waals surface area contributed by atoms with Crippen molar-refractivity contribution in [2.75, 3.05) is 13.2 Å². The molecule has 1 unspecified atom stereocenters. The van der Waals surface area contributed by atoms with Crippen LogP contribution in [0.5, 0.6) is 0 Å². The van der Waals surface area contributed by atoms with Crippen LogP contribution in [-0.2, 0) is 28.6 Å². The Morgan fingerprint density at radius 3 is 0.949 bits per heavy atom. The Morgan fingerprint density at radius 2 is 0.576 bits per heavy atom. The molecule has 0 saturated heterocycles. The maximum absolute atomic E-state index is 12.7.